The van der Waals surface area contributed by atoms with Crippen molar-refractivity contribution in [3.63, 3.8) is 0 Å². The lowest BCUT2D eigenvalue weighted by Crippen LogP contribution is -2.47. The van der Waals surface area contributed by atoms with Crippen molar-refractivity contribution in [2.24, 2.45) is 11.8 Å². The van der Waals surface area contributed by atoms with Crippen LogP contribution in [0.15, 0.2) is 17.5 Å². The number of likely N-dealkylation sites (tertiary alicyclic amines) is 2. The standard InChI is InChI=1S/C16H21N3O2S.ClH/c20-15(18-9-11-7-17-8-12(11)10-18)13-3-1-5-19(13)16(21)14-4-2-6-22-14;/h2,4,6,11-13,17H,1,3,5,7-10H2;1H/t11-,12+,13?;. The highest BCUT2D eigenvalue weighted by atomic mass is 35.5. The Bertz CT molecular complexity index is 568. The molecule has 2 amide bonds. The predicted molar refractivity (Wildman–Crippen MR) is 92.1 cm³/mol. The number of carbonyl (C=O) groups excluding carboxylic acids is 2. The molecule has 1 N–H and O–H groups in total. The molecule has 3 fully saturated rings. The van der Waals surface area contributed by atoms with E-state index in [0.29, 0.717) is 18.4 Å². The highest BCUT2D eigenvalue weighted by Gasteiger charge is 2.43. The quantitative estimate of drug-likeness (QED) is 0.873. The molecule has 0 aromatic carbocycles. The minimum absolute atomic E-state index is 0. The van der Waals surface area contributed by atoms with Crippen LogP contribution in [0.25, 0.3) is 0 Å². The first kappa shape index (κ1) is 16.7. The lowest BCUT2D eigenvalue weighted by atomic mass is 10.0. The third-order valence-corrected chi connectivity index (χ3v) is 6.09. The Morgan fingerprint density at radius 1 is 1.22 bits per heavy atom. The van der Waals surface area contributed by atoms with E-state index in [-0.39, 0.29) is 30.3 Å². The zero-order chi connectivity index (χ0) is 15.1. The molecule has 1 unspecified atom stereocenters. The van der Waals surface area contributed by atoms with Crippen LogP contribution >= 0.6 is 23.7 Å². The van der Waals surface area contributed by atoms with Gasteiger partial charge in [-0.25, -0.2) is 0 Å². The van der Waals surface area contributed by atoms with E-state index in [9.17, 15) is 9.59 Å². The minimum Gasteiger partial charge on any atom is -0.340 e. The molecule has 126 valence electrons. The molecule has 0 spiro atoms. The Morgan fingerprint density at radius 2 is 1.96 bits per heavy atom. The second-order valence-corrected chi connectivity index (χ2v) is 7.50. The van der Waals surface area contributed by atoms with Crippen LogP contribution in [0.1, 0.15) is 22.5 Å². The molecule has 0 saturated carbocycles. The molecule has 4 rings (SSSR count). The summed E-state index contributed by atoms with van der Waals surface area (Å²) in [5, 5.41) is 5.31. The molecule has 4 heterocycles. The predicted octanol–water partition coefficient (Wildman–Crippen LogP) is 1.45. The van der Waals surface area contributed by atoms with E-state index in [0.717, 1.165) is 43.9 Å². The summed E-state index contributed by atoms with van der Waals surface area (Å²) in [6, 6.07) is 3.49. The SMILES string of the molecule is Cl.O=C(C1CCCN1C(=O)c1cccs1)N1C[C@H]2CNC[C@H]2C1. The molecule has 0 bridgehead atoms. The van der Waals surface area contributed by atoms with Crippen molar-refractivity contribution in [2.45, 2.75) is 18.9 Å². The summed E-state index contributed by atoms with van der Waals surface area (Å²) in [5.74, 6) is 1.39. The van der Waals surface area contributed by atoms with Crippen molar-refractivity contribution >= 4 is 35.6 Å². The highest BCUT2D eigenvalue weighted by molar-refractivity contribution is 7.12. The third kappa shape index (κ3) is 2.99. The maximum absolute atomic E-state index is 12.9. The van der Waals surface area contributed by atoms with Gasteiger partial charge in [0.2, 0.25) is 5.91 Å². The largest absolute Gasteiger partial charge is 0.340 e. The summed E-state index contributed by atoms with van der Waals surface area (Å²) in [5.41, 5.74) is 0. The molecule has 0 aliphatic carbocycles. The Balaban J connectivity index is 0.00000156. The van der Waals surface area contributed by atoms with Gasteiger partial charge < -0.3 is 15.1 Å². The van der Waals surface area contributed by atoms with Crippen LogP contribution in [0.4, 0.5) is 0 Å². The fourth-order valence-corrected chi connectivity index (χ4v) is 4.73. The zero-order valence-corrected chi connectivity index (χ0v) is 14.6. The van der Waals surface area contributed by atoms with Crippen LogP contribution in [0.3, 0.4) is 0 Å². The first-order valence-electron chi connectivity index (χ1n) is 8.08. The number of carbonyl (C=O) groups is 2. The lowest BCUT2D eigenvalue weighted by Gasteiger charge is -2.28. The van der Waals surface area contributed by atoms with E-state index in [1.165, 1.54) is 11.3 Å². The zero-order valence-electron chi connectivity index (χ0n) is 12.9. The van der Waals surface area contributed by atoms with Crippen LogP contribution in [-0.2, 0) is 4.79 Å². The van der Waals surface area contributed by atoms with Gasteiger partial charge >= 0.3 is 0 Å². The summed E-state index contributed by atoms with van der Waals surface area (Å²) in [4.78, 5) is 30.0. The molecule has 3 aliphatic rings. The average molecular weight is 356 g/mol. The number of halogens is 1. The molecule has 7 heteroatoms. The Hall–Kier alpha value is -1.11. The van der Waals surface area contributed by atoms with Gasteiger partial charge in [-0.05, 0) is 36.1 Å². The summed E-state index contributed by atoms with van der Waals surface area (Å²) in [6.45, 7) is 4.46. The number of hydrogen-bond donors (Lipinski definition) is 1. The second kappa shape index (κ2) is 6.79. The number of nitrogens with zero attached hydrogens (tertiary/aromatic N) is 2. The van der Waals surface area contributed by atoms with Crippen molar-refractivity contribution in [3.05, 3.63) is 22.4 Å². The van der Waals surface area contributed by atoms with Crippen molar-refractivity contribution in [2.75, 3.05) is 32.7 Å². The summed E-state index contributed by atoms with van der Waals surface area (Å²) in [7, 11) is 0. The Morgan fingerprint density at radius 3 is 2.61 bits per heavy atom. The number of fused-ring (bicyclic) bond motifs is 1. The van der Waals surface area contributed by atoms with E-state index in [1.54, 1.807) is 4.90 Å². The summed E-state index contributed by atoms with van der Waals surface area (Å²) < 4.78 is 0. The molecular formula is C16H22ClN3O2S. The van der Waals surface area contributed by atoms with Gasteiger partial charge in [0.05, 0.1) is 4.88 Å². The van der Waals surface area contributed by atoms with Gasteiger partial charge in [-0.15, -0.1) is 23.7 Å². The van der Waals surface area contributed by atoms with Crippen molar-refractivity contribution in [1.29, 1.82) is 0 Å². The minimum atomic E-state index is -0.249. The van der Waals surface area contributed by atoms with Gasteiger partial charge in [0, 0.05) is 32.7 Å². The first-order valence-corrected chi connectivity index (χ1v) is 8.96. The van der Waals surface area contributed by atoms with Gasteiger partial charge in [-0.2, -0.15) is 0 Å². The van der Waals surface area contributed by atoms with E-state index in [2.05, 4.69) is 5.32 Å². The average Bonchev–Trinajstić information content (AvgIpc) is 3.28. The van der Waals surface area contributed by atoms with Crippen LogP contribution in [-0.4, -0.2) is 60.4 Å². The van der Waals surface area contributed by atoms with Crippen LogP contribution in [0.2, 0.25) is 0 Å². The summed E-state index contributed by atoms with van der Waals surface area (Å²) in [6.07, 6.45) is 1.73. The number of amides is 2. The van der Waals surface area contributed by atoms with Gasteiger partial charge in [0.1, 0.15) is 6.04 Å². The number of thiophene rings is 1. The molecule has 5 nitrogen and oxygen atoms in total. The molecule has 3 aliphatic heterocycles. The van der Waals surface area contributed by atoms with Crippen LogP contribution < -0.4 is 5.32 Å². The molecule has 23 heavy (non-hydrogen) atoms. The fourth-order valence-electron chi connectivity index (χ4n) is 4.05. The maximum Gasteiger partial charge on any atom is 0.264 e. The van der Waals surface area contributed by atoms with E-state index in [4.69, 9.17) is 0 Å². The lowest BCUT2D eigenvalue weighted by molar-refractivity contribution is -0.134. The third-order valence-electron chi connectivity index (χ3n) is 5.23. The molecule has 3 atom stereocenters. The van der Waals surface area contributed by atoms with E-state index >= 15 is 0 Å². The fraction of sp³-hybridized carbons (Fsp3) is 0.625. The van der Waals surface area contributed by atoms with Crippen LogP contribution in [0, 0.1) is 11.8 Å². The summed E-state index contributed by atoms with van der Waals surface area (Å²) >= 11 is 1.45. The molecule has 0 radical (unpaired) electrons. The van der Waals surface area contributed by atoms with E-state index < -0.39 is 0 Å². The normalized spacial score (nSPS) is 29.5. The number of rotatable bonds is 2. The topological polar surface area (TPSA) is 52.7 Å². The Labute approximate surface area is 146 Å². The van der Waals surface area contributed by atoms with Gasteiger partial charge in [-0.1, -0.05) is 6.07 Å². The molecule has 1 aromatic heterocycles. The Kier molecular flexibility index (Phi) is 4.94. The van der Waals surface area contributed by atoms with Crippen molar-refractivity contribution in [1.82, 2.24) is 15.1 Å². The van der Waals surface area contributed by atoms with E-state index in [1.807, 2.05) is 22.4 Å². The monoisotopic (exact) mass is 355 g/mol. The molecular weight excluding hydrogens is 334 g/mol. The van der Waals surface area contributed by atoms with Gasteiger partial charge in [0.25, 0.3) is 5.91 Å². The van der Waals surface area contributed by atoms with Gasteiger partial charge in [0.15, 0.2) is 0 Å². The van der Waals surface area contributed by atoms with Crippen molar-refractivity contribution < 1.29 is 9.59 Å². The molecule has 1 aromatic rings. The van der Waals surface area contributed by atoms with Crippen molar-refractivity contribution in [3.8, 4) is 0 Å². The maximum atomic E-state index is 12.9. The highest BCUT2D eigenvalue weighted by Crippen LogP contribution is 2.30. The number of nitrogens with one attached hydrogen (secondary N) is 1. The van der Waals surface area contributed by atoms with Crippen LogP contribution in [0.5, 0.6) is 0 Å². The van der Waals surface area contributed by atoms with Gasteiger partial charge in [-0.3, -0.25) is 9.59 Å². The number of hydrogen-bond acceptors (Lipinski definition) is 4. The second-order valence-electron chi connectivity index (χ2n) is 6.56. The first-order chi connectivity index (χ1) is 10.7. The molecule has 3 saturated heterocycles. The smallest absolute Gasteiger partial charge is 0.264 e.